The number of hydrogen-bond donors (Lipinski definition) is 0. The van der Waals surface area contributed by atoms with E-state index >= 15 is 0 Å². The largest absolute Gasteiger partial charge is 0.462 e. The number of nitrogens with zero attached hydrogens (tertiary/aromatic N) is 4. The zero-order valence-electron chi connectivity index (χ0n) is 11.5. The van der Waals surface area contributed by atoms with Gasteiger partial charge in [0.2, 0.25) is 0 Å². The van der Waals surface area contributed by atoms with E-state index in [1.54, 1.807) is 43.8 Å². The molecule has 0 saturated heterocycles. The van der Waals surface area contributed by atoms with E-state index in [-0.39, 0.29) is 5.97 Å². The summed E-state index contributed by atoms with van der Waals surface area (Å²) in [4.78, 5) is 26.2. The summed E-state index contributed by atoms with van der Waals surface area (Å²) in [5.74, 6) is 0.193. The Morgan fingerprint density at radius 2 is 2.15 bits per heavy atom. The third-order valence-electron chi connectivity index (χ3n) is 2.66. The van der Waals surface area contributed by atoms with E-state index in [1.165, 1.54) is 0 Å². The molecule has 0 amide bonds. The number of hydrogen-bond acceptors (Lipinski definition) is 6. The van der Waals surface area contributed by atoms with Crippen LogP contribution in [-0.2, 0) is 11.3 Å². The molecule has 0 radical (unpaired) electrons. The van der Waals surface area contributed by atoms with Crippen LogP contribution in [0.4, 0.5) is 5.82 Å². The second kappa shape index (κ2) is 6.60. The maximum Gasteiger partial charge on any atom is 0.341 e. The fourth-order valence-corrected chi connectivity index (χ4v) is 1.80. The van der Waals surface area contributed by atoms with Crippen molar-refractivity contribution in [2.45, 2.75) is 13.5 Å². The monoisotopic (exact) mass is 272 g/mol. The molecule has 2 rings (SSSR count). The molecule has 104 valence electrons. The molecule has 0 aromatic carbocycles. The fourth-order valence-electron chi connectivity index (χ4n) is 1.80. The van der Waals surface area contributed by atoms with Crippen molar-refractivity contribution in [2.24, 2.45) is 0 Å². The predicted molar refractivity (Wildman–Crippen MR) is 74.3 cm³/mol. The Morgan fingerprint density at radius 3 is 2.85 bits per heavy atom. The summed E-state index contributed by atoms with van der Waals surface area (Å²) in [7, 11) is 1.85. The van der Waals surface area contributed by atoms with Gasteiger partial charge in [-0.15, -0.1) is 0 Å². The number of esters is 1. The van der Waals surface area contributed by atoms with Crippen molar-refractivity contribution in [3.63, 3.8) is 0 Å². The van der Waals surface area contributed by atoms with E-state index in [1.807, 2.05) is 11.9 Å². The van der Waals surface area contributed by atoms with Crippen LogP contribution in [0.1, 0.15) is 23.0 Å². The first-order chi connectivity index (χ1) is 9.72. The number of carbonyl (C=O) groups is 1. The Bertz CT molecular complexity index is 574. The highest BCUT2D eigenvalue weighted by Crippen LogP contribution is 2.18. The first-order valence-electron chi connectivity index (χ1n) is 6.30. The third kappa shape index (κ3) is 3.28. The number of anilines is 1. The average molecular weight is 272 g/mol. The fraction of sp³-hybridized carbons (Fsp3) is 0.286. The molecular formula is C14H16N4O2. The minimum atomic E-state index is -0.374. The van der Waals surface area contributed by atoms with E-state index < -0.39 is 0 Å². The van der Waals surface area contributed by atoms with Crippen molar-refractivity contribution in [2.75, 3.05) is 18.6 Å². The average Bonchev–Trinajstić information content (AvgIpc) is 2.48. The van der Waals surface area contributed by atoms with E-state index in [9.17, 15) is 4.79 Å². The van der Waals surface area contributed by atoms with Crippen LogP contribution in [0.25, 0.3) is 0 Å². The highest BCUT2D eigenvalue weighted by molar-refractivity contribution is 5.94. The molecule has 0 fully saturated rings. The summed E-state index contributed by atoms with van der Waals surface area (Å²) in [6, 6.07) is 3.42. The van der Waals surface area contributed by atoms with Gasteiger partial charge in [-0.05, 0) is 19.1 Å². The summed E-state index contributed by atoms with van der Waals surface area (Å²) in [5, 5.41) is 0. The van der Waals surface area contributed by atoms with Gasteiger partial charge in [0.05, 0.1) is 25.0 Å². The maximum atomic E-state index is 11.9. The van der Waals surface area contributed by atoms with Gasteiger partial charge in [0.1, 0.15) is 11.4 Å². The molecule has 0 aliphatic rings. The van der Waals surface area contributed by atoms with Gasteiger partial charge in [0, 0.05) is 25.6 Å². The number of ether oxygens (including phenoxy) is 1. The minimum absolute atomic E-state index is 0.334. The number of pyridine rings is 1. The molecule has 0 aliphatic heterocycles. The van der Waals surface area contributed by atoms with Crippen molar-refractivity contribution in [3.05, 3.63) is 48.2 Å². The second-order valence-electron chi connectivity index (χ2n) is 4.15. The molecule has 2 heterocycles. The van der Waals surface area contributed by atoms with Crippen LogP contribution in [0.5, 0.6) is 0 Å². The molecule has 6 nitrogen and oxygen atoms in total. The lowest BCUT2D eigenvalue weighted by Crippen LogP contribution is -2.22. The zero-order valence-corrected chi connectivity index (χ0v) is 11.5. The molecule has 2 aromatic rings. The summed E-state index contributed by atoms with van der Waals surface area (Å²) in [6.45, 7) is 2.62. The minimum Gasteiger partial charge on any atom is -0.462 e. The molecule has 20 heavy (non-hydrogen) atoms. The van der Waals surface area contributed by atoms with Gasteiger partial charge in [-0.2, -0.15) is 0 Å². The Kier molecular flexibility index (Phi) is 4.60. The van der Waals surface area contributed by atoms with Gasteiger partial charge in [0.15, 0.2) is 0 Å². The van der Waals surface area contributed by atoms with Crippen molar-refractivity contribution in [1.82, 2.24) is 15.0 Å². The van der Waals surface area contributed by atoms with Crippen LogP contribution in [-0.4, -0.2) is 34.6 Å². The highest BCUT2D eigenvalue weighted by Gasteiger charge is 2.16. The zero-order chi connectivity index (χ0) is 14.4. The Morgan fingerprint density at radius 1 is 1.30 bits per heavy atom. The summed E-state index contributed by atoms with van der Waals surface area (Å²) in [6.07, 6.45) is 6.58. The molecule has 0 aliphatic carbocycles. The van der Waals surface area contributed by atoms with E-state index in [0.717, 1.165) is 5.69 Å². The van der Waals surface area contributed by atoms with Gasteiger partial charge >= 0.3 is 5.97 Å². The van der Waals surface area contributed by atoms with Gasteiger partial charge in [0.25, 0.3) is 0 Å². The van der Waals surface area contributed by atoms with Crippen LogP contribution in [0, 0.1) is 0 Å². The SMILES string of the molecule is CCOC(=O)c1cccnc1N(C)Cc1cnccn1. The highest BCUT2D eigenvalue weighted by atomic mass is 16.5. The van der Waals surface area contributed by atoms with Gasteiger partial charge in [-0.25, -0.2) is 9.78 Å². The topological polar surface area (TPSA) is 68.2 Å². The molecule has 2 aromatic heterocycles. The van der Waals surface area contributed by atoms with Crippen molar-refractivity contribution < 1.29 is 9.53 Å². The number of carbonyl (C=O) groups excluding carboxylic acids is 1. The summed E-state index contributed by atoms with van der Waals surface area (Å²) < 4.78 is 5.04. The molecule has 0 atom stereocenters. The quantitative estimate of drug-likeness (QED) is 0.771. The number of rotatable bonds is 5. The second-order valence-corrected chi connectivity index (χ2v) is 4.15. The molecule has 0 bridgehead atoms. The van der Waals surface area contributed by atoms with Gasteiger partial charge < -0.3 is 9.64 Å². The van der Waals surface area contributed by atoms with Crippen molar-refractivity contribution in [1.29, 1.82) is 0 Å². The predicted octanol–water partition coefficient (Wildman–Crippen LogP) is 1.68. The van der Waals surface area contributed by atoms with E-state index in [0.29, 0.717) is 24.5 Å². The first kappa shape index (κ1) is 13.9. The van der Waals surface area contributed by atoms with Crippen molar-refractivity contribution in [3.8, 4) is 0 Å². The molecule has 0 spiro atoms. The molecule has 0 saturated carbocycles. The molecule has 0 N–H and O–H groups in total. The molecular weight excluding hydrogens is 256 g/mol. The lowest BCUT2D eigenvalue weighted by atomic mass is 10.2. The smallest absolute Gasteiger partial charge is 0.341 e. The van der Waals surface area contributed by atoms with Crippen LogP contribution in [0.15, 0.2) is 36.9 Å². The van der Waals surface area contributed by atoms with Crippen LogP contribution < -0.4 is 4.90 Å². The van der Waals surface area contributed by atoms with Crippen molar-refractivity contribution >= 4 is 11.8 Å². The lowest BCUT2D eigenvalue weighted by molar-refractivity contribution is 0.0526. The third-order valence-corrected chi connectivity index (χ3v) is 2.66. The Labute approximate surface area is 117 Å². The van der Waals surface area contributed by atoms with Crippen LogP contribution in [0.2, 0.25) is 0 Å². The van der Waals surface area contributed by atoms with Crippen LogP contribution in [0.3, 0.4) is 0 Å². The lowest BCUT2D eigenvalue weighted by Gasteiger charge is -2.19. The maximum absolute atomic E-state index is 11.9. The van der Waals surface area contributed by atoms with E-state index in [2.05, 4.69) is 15.0 Å². The summed E-state index contributed by atoms with van der Waals surface area (Å²) in [5.41, 5.74) is 1.25. The molecule has 6 heteroatoms. The number of aromatic nitrogens is 3. The van der Waals surface area contributed by atoms with E-state index in [4.69, 9.17) is 4.74 Å². The summed E-state index contributed by atoms with van der Waals surface area (Å²) >= 11 is 0. The normalized spacial score (nSPS) is 10.1. The molecule has 0 unspecified atom stereocenters. The first-order valence-corrected chi connectivity index (χ1v) is 6.30. The standard InChI is InChI=1S/C14H16N4O2/c1-3-20-14(19)12-5-4-6-17-13(12)18(2)10-11-9-15-7-8-16-11/h4-9H,3,10H2,1-2H3. The van der Waals surface area contributed by atoms with Crippen LogP contribution >= 0.6 is 0 Å². The van der Waals surface area contributed by atoms with Gasteiger partial charge in [-0.1, -0.05) is 0 Å². The Balaban J connectivity index is 2.21. The van der Waals surface area contributed by atoms with Gasteiger partial charge in [-0.3, -0.25) is 9.97 Å². The Hall–Kier alpha value is -2.50.